The molecule has 1 saturated carbocycles. The fraction of sp³-hybridized carbons (Fsp3) is 0.800. The van der Waals surface area contributed by atoms with E-state index in [1.54, 1.807) is 4.57 Å². The number of amides is 1. The zero-order valence-electron chi connectivity index (χ0n) is 13.3. The van der Waals surface area contributed by atoms with Crippen molar-refractivity contribution in [1.82, 2.24) is 20.1 Å². The van der Waals surface area contributed by atoms with Crippen molar-refractivity contribution in [2.24, 2.45) is 5.92 Å². The third-order valence-electron chi connectivity index (χ3n) is 4.10. The first-order chi connectivity index (χ1) is 10.7. The van der Waals surface area contributed by atoms with E-state index in [1.165, 1.54) is 43.9 Å². The lowest BCUT2D eigenvalue weighted by molar-refractivity contribution is -0.118. The SMILES string of the molecule is CCCCn1c(SCC(=O)NCC2CCCCC2)n[nH]c1=O. The second kappa shape index (κ2) is 9.02. The molecule has 1 heterocycles. The van der Waals surface area contributed by atoms with Gasteiger partial charge in [0, 0.05) is 13.1 Å². The molecular weight excluding hydrogens is 300 g/mol. The third-order valence-corrected chi connectivity index (χ3v) is 5.08. The number of hydrogen-bond acceptors (Lipinski definition) is 4. The lowest BCUT2D eigenvalue weighted by Crippen LogP contribution is -2.31. The van der Waals surface area contributed by atoms with Crippen LogP contribution in [0.3, 0.4) is 0 Å². The largest absolute Gasteiger partial charge is 0.355 e. The van der Waals surface area contributed by atoms with Crippen LogP contribution in [0.2, 0.25) is 0 Å². The van der Waals surface area contributed by atoms with Crippen molar-refractivity contribution < 1.29 is 4.79 Å². The Morgan fingerprint density at radius 1 is 1.41 bits per heavy atom. The Kier molecular flexibility index (Phi) is 7.02. The van der Waals surface area contributed by atoms with Crippen LogP contribution in [0.25, 0.3) is 0 Å². The van der Waals surface area contributed by atoms with Gasteiger partial charge >= 0.3 is 5.69 Å². The van der Waals surface area contributed by atoms with Crippen LogP contribution in [0, 0.1) is 5.92 Å². The van der Waals surface area contributed by atoms with Gasteiger partial charge in [-0.15, -0.1) is 5.10 Å². The summed E-state index contributed by atoms with van der Waals surface area (Å²) in [5.74, 6) is 0.965. The van der Waals surface area contributed by atoms with Crippen LogP contribution in [0.5, 0.6) is 0 Å². The van der Waals surface area contributed by atoms with Crippen LogP contribution in [-0.4, -0.2) is 33.0 Å². The summed E-state index contributed by atoms with van der Waals surface area (Å²) in [6, 6.07) is 0. The molecule has 0 spiro atoms. The molecule has 0 aromatic carbocycles. The Morgan fingerprint density at radius 3 is 2.91 bits per heavy atom. The van der Waals surface area contributed by atoms with Gasteiger partial charge < -0.3 is 5.32 Å². The standard InChI is InChI=1S/C15H26N4O2S/c1-2-3-9-19-14(21)17-18-15(19)22-11-13(20)16-10-12-7-5-4-6-8-12/h12H,2-11H2,1H3,(H,16,20)(H,17,21). The second-order valence-corrected chi connectivity index (χ2v) is 6.86. The fourth-order valence-corrected chi connectivity index (χ4v) is 3.56. The van der Waals surface area contributed by atoms with E-state index in [0.717, 1.165) is 19.4 Å². The Hall–Kier alpha value is -1.24. The molecule has 0 saturated heterocycles. The highest BCUT2D eigenvalue weighted by Gasteiger charge is 2.15. The first-order valence-corrected chi connectivity index (χ1v) is 9.24. The highest BCUT2D eigenvalue weighted by atomic mass is 32.2. The van der Waals surface area contributed by atoms with Gasteiger partial charge in [0.25, 0.3) is 0 Å². The summed E-state index contributed by atoms with van der Waals surface area (Å²) in [5, 5.41) is 10.1. The quantitative estimate of drug-likeness (QED) is 0.718. The van der Waals surface area contributed by atoms with Crippen molar-refractivity contribution in [3.63, 3.8) is 0 Å². The van der Waals surface area contributed by atoms with Crippen LogP contribution < -0.4 is 11.0 Å². The van der Waals surface area contributed by atoms with Crippen molar-refractivity contribution in [2.45, 2.75) is 63.6 Å². The van der Waals surface area contributed by atoms with Crippen molar-refractivity contribution in [1.29, 1.82) is 0 Å². The van der Waals surface area contributed by atoms with Crippen molar-refractivity contribution >= 4 is 17.7 Å². The van der Waals surface area contributed by atoms with Crippen molar-refractivity contribution in [2.75, 3.05) is 12.3 Å². The monoisotopic (exact) mass is 326 g/mol. The molecule has 0 bridgehead atoms. The second-order valence-electron chi connectivity index (χ2n) is 5.91. The summed E-state index contributed by atoms with van der Waals surface area (Å²) in [5.41, 5.74) is -0.196. The normalized spacial score (nSPS) is 15.9. The maximum atomic E-state index is 11.9. The van der Waals surface area contributed by atoms with Gasteiger partial charge in [0.05, 0.1) is 5.75 Å². The van der Waals surface area contributed by atoms with Crippen molar-refractivity contribution in [3.05, 3.63) is 10.5 Å². The van der Waals surface area contributed by atoms with Crippen LogP contribution in [-0.2, 0) is 11.3 Å². The van der Waals surface area contributed by atoms with Crippen molar-refractivity contribution in [3.8, 4) is 0 Å². The zero-order valence-corrected chi connectivity index (χ0v) is 14.1. The van der Waals surface area contributed by atoms with E-state index in [2.05, 4.69) is 22.4 Å². The molecule has 1 fully saturated rings. The number of aromatic nitrogens is 3. The van der Waals surface area contributed by atoms with E-state index >= 15 is 0 Å². The van der Waals surface area contributed by atoms with Gasteiger partial charge in [-0.25, -0.2) is 9.89 Å². The summed E-state index contributed by atoms with van der Waals surface area (Å²) in [7, 11) is 0. The maximum Gasteiger partial charge on any atom is 0.343 e. The molecule has 2 rings (SSSR count). The van der Waals surface area contributed by atoms with E-state index in [-0.39, 0.29) is 11.6 Å². The van der Waals surface area contributed by atoms with Gasteiger partial charge in [-0.05, 0) is 25.2 Å². The van der Waals surface area contributed by atoms with Gasteiger partial charge in [0.1, 0.15) is 0 Å². The van der Waals surface area contributed by atoms with Gasteiger partial charge in [-0.2, -0.15) is 0 Å². The number of unbranched alkanes of at least 4 members (excludes halogenated alkanes) is 1. The molecule has 2 N–H and O–H groups in total. The number of rotatable bonds is 8. The molecule has 1 aromatic rings. The predicted octanol–water partition coefficient (Wildman–Crippen LogP) is 2.16. The van der Waals surface area contributed by atoms with E-state index in [9.17, 15) is 9.59 Å². The highest BCUT2D eigenvalue weighted by molar-refractivity contribution is 7.99. The Bertz CT molecular complexity index is 520. The number of hydrogen-bond donors (Lipinski definition) is 2. The van der Waals surface area contributed by atoms with Crippen LogP contribution >= 0.6 is 11.8 Å². The summed E-state index contributed by atoms with van der Waals surface area (Å²) in [6.45, 7) is 3.51. The van der Waals surface area contributed by atoms with Crippen LogP contribution in [0.15, 0.2) is 9.95 Å². The Balaban J connectivity index is 1.74. The molecule has 0 unspecified atom stereocenters. The minimum absolute atomic E-state index is 0.0214. The lowest BCUT2D eigenvalue weighted by atomic mass is 9.89. The number of nitrogens with one attached hydrogen (secondary N) is 2. The number of thioether (sulfide) groups is 1. The summed E-state index contributed by atoms with van der Waals surface area (Å²) in [6.07, 6.45) is 8.30. The zero-order chi connectivity index (χ0) is 15.8. The van der Waals surface area contributed by atoms with E-state index in [0.29, 0.717) is 23.4 Å². The number of carbonyl (C=O) groups is 1. The molecule has 22 heavy (non-hydrogen) atoms. The highest BCUT2D eigenvalue weighted by Crippen LogP contribution is 2.22. The lowest BCUT2D eigenvalue weighted by Gasteiger charge is -2.21. The minimum Gasteiger partial charge on any atom is -0.355 e. The first kappa shape index (κ1) is 17.1. The van der Waals surface area contributed by atoms with Gasteiger partial charge in [0.15, 0.2) is 5.16 Å². The minimum atomic E-state index is -0.196. The van der Waals surface area contributed by atoms with E-state index < -0.39 is 0 Å². The molecular formula is C15H26N4O2S. The van der Waals surface area contributed by atoms with Gasteiger partial charge in [0.2, 0.25) is 5.91 Å². The maximum absolute atomic E-state index is 11.9. The van der Waals surface area contributed by atoms with Gasteiger partial charge in [-0.1, -0.05) is 44.4 Å². The third kappa shape index (κ3) is 5.19. The molecule has 1 aliphatic carbocycles. The van der Waals surface area contributed by atoms with E-state index in [4.69, 9.17) is 0 Å². The summed E-state index contributed by atoms with van der Waals surface area (Å²) >= 11 is 1.32. The number of H-pyrrole nitrogens is 1. The average molecular weight is 326 g/mol. The molecule has 7 heteroatoms. The topological polar surface area (TPSA) is 79.8 Å². The Labute approximate surface area is 135 Å². The fourth-order valence-electron chi connectivity index (χ4n) is 2.76. The smallest absolute Gasteiger partial charge is 0.343 e. The average Bonchev–Trinajstić information content (AvgIpc) is 2.90. The molecule has 0 aliphatic heterocycles. The van der Waals surface area contributed by atoms with Crippen LogP contribution in [0.4, 0.5) is 0 Å². The van der Waals surface area contributed by atoms with E-state index in [1.807, 2.05) is 0 Å². The molecule has 0 radical (unpaired) electrons. The number of carbonyl (C=O) groups excluding carboxylic acids is 1. The Morgan fingerprint density at radius 2 is 2.18 bits per heavy atom. The molecule has 1 amide bonds. The first-order valence-electron chi connectivity index (χ1n) is 8.25. The molecule has 6 nitrogen and oxygen atoms in total. The number of aromatic amines is 1. The summed E-state index contributed by atoms with van der Waals surface area (Å²) in [4.78, 5) is 23.6. The summed E-state index contributed by atoms with van der Waals surface area (Å²) < 4.78 is 1.61. The molecule has 0 atom stereocenters. The predicted molar refractivity (Wildman–Crippen MR) is 88.1 cm³/mol. The molecule has 1 aromatic heterocycles. The molecule has 124 valence electrons. The molecule has 1 aliphatic rings. The van der Waals surface area contributed by atoms with Gasteiger partial charge in [-0.3, -0.25) is 9.36 Å². The van der Waals surface area contributed by atoms with Crippen LogP contribution in [0.1, 0.15) is 51.9 Å². The number of nitrogens with zero attached hydrogens (tertiary/aromatic N) is 2.